The minimum atomic E-state index is 0.617. The van der Waals surface area contributed by atoms with Gasteiger partial charge in [0.05, 0.1) is 22.4 Å². The molecule has 0 fully saturated rings. The lowest BCUT2D eigenvalue weighted by molar-refractivity contribution is 0.658. The molecule has 0 aromatic carbocycles. The van der Waals surface area contributed by atoms with Crippen molar-refractivity contribution in [1.29, 1.82) is 0 Å². The summed E-state index contributed by atoms with van der Waals surface area (Å²) in [6, 6.07) is 2.18. The fourth-order valence-corrected chi connectivity index (χ4v) is 3.05. The number of hydrogen-bond donors (Lipinski definition) is 1. The summed E-state index contributed by atoms with van der Waals surface area (Å²) in [4.78, 5) is 2.56. The van der Waals surface area contributed by atoms with Crippen molar-refractivity contribution in [3.8, 4) is 0 Å². The van der Waals surface area contributed by atoms with Gasteiger partial charge >= 0.3 is 0 Å². The number of halogens is 1. The molecule has 0 spiro atoms. The highest BCUT2D eigenvalue weighted by Gasteiger charge is 2.11. The van der Waals surface area contributed by atoms with E-state index < -0.39 is 0 Å². The zero-order valence-electron chi connectivity index (χ0n) is 10.2. The zero-order valence-corrected chi connectivity index (χ0v) is 12.7. The van der Waals surface area contributed by atoms with Crippen LogP contribution in [-0.2, 0) is 13.1 Å². The summed E-state index contributed by atoms with van der Waals surface area (Å²) >= 11 is 5.32. The van der Waals surface area contributed by atoms with Crippen LogP contribution in [0.25, 0.3) is 0 Å². The first kappa shape index (κ1) is 12.8. The molecule has 17 heavy (non-hydrogen) atoms. The first-order chi connectivity index (χ1) is 8.02. The number of aryl methyl sites for hydroxylation is 2. The van der Waals surface area contributed by atoms with Crippen molar-refractivity contribution in [2.45, 2.75) is 33.9 Å². The number of aromatic nitrogens is 2. The molecule has 0 saturated carbocycles. The average molecular weight is 314 g/mol. The van der Waals surface area contributed by atoms with E-state index in [4.69, 9.17) is 5.73 Å². The standard InChI is InChI=1S/C12H16BrN3S/c1-7-12(13)8(2)16(15-7)6-10-4-11(5-14)17-9(10)3/h4H,5-6,14H2,1-3H3. The van der Waals surface area contributed by atoms with Crippen LogP contribution in [0.2, 0.25) is 0 Å². The van der Waals surface area contributed by atoms with Gasteiger partial charge in [-0.15, -0.1) is 11.3 Å². The van der Waals surface area contributed by atoms with Gasteiger partial charge in [-0.25, -0.2) is 0 Å². The van der Waals surface area contributed by atoms with Crippen LogP contribution in [-0.4, -0.2) is 9.78 Å². The quantitative estimate of drug-likeness (QED) is 0.946. The molecule has 2 aromatic heterocycles. The largest absolute Gasteiger partial charge is 0.326 e. The Labute approximate surface area is 114 Å². The van der Waals surface area contributed by atoms with Gasteiger partial charge in [0.15, 0.2) is 0 Å². The van der Waals surface area contributed by atoms with Gasteiger partial charge in [0.2, 0.25) is 0 Å². The SMILES string of the molecule is Cc1nn(Cc2cc(CN)sc2C)c(C)c1Br. The molecule has 0 bridgehead atoms. The van der Waals surface area contributed by atoms with Crippen LogP contribution in [0.1, 0.15) is 26.7 Å². The van der Waals surface area contributed by atoms with E-state index in [9.17, 15) is 0 Å². The normalized spacial score (nSPS) is 11.1. The van der Waals surface area contributed by atoms with Crippen LogP contribution < -0.4 is 5.73 Å². The third-order valence-electron chi connectivity index (χ3n) is 2.89. The van der Waals surface area contributed by atoms with Crippen LogP contribution in [0, 0.1) is 20.8 Å². The predicted molar refractivity (Wildman–Crippen MR) is 75.5 cm³/mol. The summed E-state index contributed by atoms with van der Waals surface area (Å²) < 4.78 is 3.14. The number of hydrogen-bond acceptors (Lipinski definition) is 3. The predicted octanol–water partition coefficient (Wildman–Crippen LogP) is 3.14. The maximum absolute atomic E-state index is 5.66. The second-order valence-electron chi connectivity index (χ2n) is 4.14. The Kier molecular flexibility index (Phi) is 3.70. The molecule has 0 radical (unpaired) electrons. The molecule has 5 heteroatoms. The Morgan fingerprint density at radius 1 is 1.41 bits per heavy atom. The third kappa shape index (κ3) is 2.46. The molecule has 2 rings (SSSR count). The summed E-state index contributed by atoms with van der Waals surface area (Å²) in [6.45, 7) is 7.67. The van der Waals surface area contributed by atoms with E-state index in [0.29, 0.717) is 6.54 Å². The van der Waals surface area contributed by atoms with Crippen molar-refractivity contribution >= 4 is 27.3 Å². The zero-order chi connectivity index (χ0) is 12.6. The number of nitrogens with two attached hydrogens (primary N) is 1. The first-order valence-electron chi connectivity index (χ1n) is 5.50. The van der Waals surface area contributed by atoms with Gasteiger partial charge in [0, 0.05) is 16.3 Å². The first-order valence-corrected chi connectivity index (χ1v) is 7.11. The average Bonchev–Trinajstić information content (AvgIpc) is 2.77. The highest BCUT2D eigenvalue weighted by atomic mass is 79.9. The Morgan fingerprint density at radius 2 is 2.12 bits per heavy atom. The molecule has 2 heterocycles. The molecule has 0 aliphatic rings. The van der Waals surface area contributed by atoms with Crippen LogP contribution in [0.15, 0.2) is 10.5 Å². The maximum atomic E-state index is 5.66. The van der Waals surface area contributed by atoms with Crippen molar-refractivity contribution in [3.05, 3.63) is 37.2 Å². The van der Waals surface area contributed by atoms with Gasteiger partial charge < -0.3 is 5.73 Å². The lowest BCUT2D eigenvalue weighted by atomic mass is 10.2. The molecule has 0 amide bonds. The highest BCUT2D eigenvalue weighted by molar-refractivity contribution is 9.10. The molecule has 3 nitrogen and oxygen atoms in total. The van der Waals surface area contributed by atoms with Crippen molar-refractivity contribution < 1.29 is 0 Å². The highest BCUT2D eigenvalue weighted by Crippen LogP contribution is 2.25. The number of rotatable bonds is 3. The van der Waals surface area contributed by atoms with Crippen LogP contribution >= 0.6 is 27.3 Å². The lowest BCUT2D eigenvalue weighted by Gasteiger charge is -2.03. The Bertz CT molecular complexity index is 542. The van der Waals surface area contributed by atoms with Gasteiger partial charge in [0.1, 0.15) is 0 Å². The smallest absolute Gasteiger partial charge is 0.0738 e. The van der Waals surface area contributed by atoms with E-state index in [1.54, 1.807) is 11.3 Å². The summed E-state index contributed by atoms with van der Waals surface area (Å²) in [5, 5.41) is 4.52. The van der Waals surface area contributed by atoms with Crippen LogP contribution in [0.4, 0.5) is 0 Å². The van der Waals surface area contributed by atoms with E-state index in [1.807, 2.05) is 11.6 Å². The number of thiophene rings is 1. The van der Waals surface area contributed by atoms with Crippen LogP contribution in [0.3, 0.4) is 0 Å². The summed E-state index contributed by atoms with van der Waals surface area (Å²) in [5.74, 6) is 0. The van der Waals surface area contributed by atoms with Crippen molar-refractivity contribution in [2.24, 2.45) is 5.73 Å². The van der Waals surface area contributed by atoms with Gasteiger partial charge in [-0.1, -0.05) is 0 Å². The second-order valence-corrected chi connectivity index (χ2v) is 6.27. The molecule has 92 valence electrons. The fraction of sp³-hybridized carbons (Fsp3) is 0.417. The molecule has 0 saturated heterocycles. The van der Waals surface area contributed by atoms with Crippen molar-refractivity contribution in [1.82, 2.24) is 9.78 Å². The number of nitrogens with zero attached hydrogens (tertiary/aromatic N) is 2. The molecule has 0 aliphatic carbocycles. The molecule has 2 aromatic rings. The van der Waals surface area contributed by atoms with Crippen molar-refractivity contribution in [3.63, 3.8) is 0 Å². The topological polar surface area (TPSA) is 43.8 Å². The van der Waals surface area contributed by atoms with Gasteiger partial charge in [0.25, 0.3) is 0 Å². The van der Waals surface area contributed by atoms with Crippen molar-refractivity contribution in [2.75, 3.05) is 0 Å². The Morgan fingerprint density at radius 3 is 2.59 bits per heavy atom. The maximum Gasteiger partial charge on any atom is 0.0738 e. The molecular formula is C12H16BrN3S. The van der Waals surface area contributed by atoms with Crippen LogP contribution in [0.5, 0.6) is 0 Å². The minimum absolute atomic E-state index is 0.617. The second kappa shape index (κ2) is 4.92. The van der Waals surface area contributed by atoms with E-state index in [1.165, 1.54) is 21.0 Å². The molecule has 0 unspecified atom stereocenters. The molecule has 0 aliphatic heterocycles. The minimum Gasteiger partial charge on any atom is -0.326 e. The molecule has 0 atom stereocenters. The fourth-order valence-electron chi connectivity index (χ4n) is 1.84. The van der Waals surface area contributed by atoms with E-state index in [-0.39, 0.29) is 0 Å². The monoisotopic (exact) mass is 313 g/mol. The molecule has 2 N–H and O–H groups in total. The van der Waals surface area contributed by atoms with Gasteiger partial charge in [-0.05, 0) is 48.3 Å². The third-order valence-corrected chi connectivity index (χ3v) is 5.15. The van der Waals surface area contributed by atoms with Gasteiger partial charge in [-0.3, -0.25) is 4.68 Å². The molecular weight excluding hydrogens is 298 g/mol. The van der Waals surface area contributed by atoms with Gasteiger partial charge in [-0.2, -0.15) is 5.10 Å². The van der Waals surface area contributed by atoms with E-state index in [0.717, 1.165) is 16.7 Å². The summed E-state index contributed by atoms with van der Waals surface area (Å²) in [5.41, 5.74) is 9.18. The van der Waals surface area contributed by atoms with E-state index >= 15 is 0 Å². The Balaban J connectivity index is 2.31. The summed E-state index contributed by atoms with van der Waals surface area (Å²) in [6.07, 6.45) is 0. The van der Waals surface area contributed by atoms with E-state index in [2.05, 4.69) is 40.9 Å². The Hall–Kier alpha value is -0.650. The summed E-state index contributed by atoms with van der Waals surface area (Å²) in [7, 11) is 0. The lowest BCUT2D eigenvalue weighted by Crippen LogP contribution is -2.04.